The lowest BCUT2D eigenvalue weighted by atomic mass is 9.66. The van der Waals surface area contributed by atoms with Crippen LogP contribution in [0.25, 0.3) is 10.2 Å². The first kappa shape index (κ1) is 17.5. The Morgan fingerprint density at radius 1 is 1.17 bits per heavy atom. The van der Waals surface area contributed by atoms with Gasteiger partial charge in [-0.1, -0.05) is 44.7 Å². The Morgan fingerprint density at radius 2 is 1.83 bits per heavy atom. The summed E-state index contributed by atoms with van der Waals surface area (Å²) >= 11 is 3.70. The number of hydrogen-bond donors (Lipinski definition) is 0. The Morgan fingerprint density at radius 3 is 2.35 bits per heavy atom. The van der Waals surface area contributed by atoms with E-state index in [0.717, 1.165) is 20.3 Å². The molecule has 0 saturated heterocycles. The van der Waals surface area contributed by atoms with Crippen LogP contribution < -0.4 is 0 Å². The van der Waals surface area contributed by atoms with Gasteiger partial charge in [-0.2, -0.15) is 0 Å². The molecule has 5 heteroatoms. The Labute approximate surface area is 151 Å². The third-order valence-electron chi connectivity index (χ3n) is 5.10. The average Bonchev–Trinajstić information content (AvgIpc) is 3.17. The summed E-state index contributed by atoms with van der Waals surface area (Å²) in [7, 11) is 0.775. The predicted octanol–water partition coefficient (Wildman–Crippen LogP) is 4.66. The van der Waals surface area contributed by atoms with E-state index in [0.29, 0.717) is 5.92 Å². The number of fused-ring (bicyclic) bond motifs is 1. The summed E-state index contributed by atoms with van der Waals surface area (Å²) in [6, 6.07) is 8.41. The number of rotatable bonds is 5. The van der Waals surface area contributed by atoms with E-state index in [1.807, 2.05) is 11.8 Å². The van der Waals surface area contributed by atoms with Gasteiger partial charge in [0, 0.05) is 4.75 Å². The highest BCUT2D eigenvalue weighted by molar-refractivity contribution is 8.02. The number of thiazole rings is 1. The van der Waals surface area contributed by atoms with E-state index in [4.69, 9.17) is 9.41 Å². The van der Waals surface area contributed by atoms with E-state index in [1.54, 1.807) is 11.3 Å². The van der Waals surface area contributed by atoms with E-state index in [9.17, 15) is 0 Å². The van der Waals surface area contributed by atoms with Crippen molar-refractivity contribution >= 4 is 43.8 Å². The van der Waals surface area contributed by atoms with E-state index < -0.39 is 0 Å². The maximum absolute atomic E-state index is 6.43. The van der Waals surface area contributed by atoms with Crippen molar-refractivity contribution in [2.75, 3.05) is 0 Å². The van der Waals surface area contributed by atoms with Gasteiger partial charge in [-0.15, -0.1) is 11.3 Å². The fraction of sp³-hybridized carbons (Fsp3) is 0.611. The summed E-state index contributed by atoms with van der Waals surface area (Å²) in [5.74, 6) is 0.678. The molecule has 0 spiro atoms. The molecule has 0 unspecified atom stereocenters. The lowest BCUT2D eigenvalue weighted by Gasteiger charge is -2.54. The van der Waals surface area contributed by atoms with Crippen LogP contribution in [0.15, 0.2) is 28.6 Å². The van der Waals surface area contributed by atoms with Crippen LogP contribution in [-0.2, 0) is 4.43 Å². The average molecular weight is 366 g/mol. The minimum Gasteiger partial charge on any atom is -0.420 e. The fourth-order valence-corrected chi connectivity index (χ4v) is 9.05. The highest BCUT2D eigenvalue weighted by Gasteiger charge is 2.61. The van der Waals surface area contributed by atoms with Gasteiger partial charge in [0.25, 0.3) is 0 Å². The van der Waals surface area contributed by atoms with Crippen molar-refractivity contribution in [2.24, 2.45) is 11.3 Å². The molecule has 1 fully saturated rings. The molecule has 1 heterocycles. The SMILES string of the molecule is CC(C)(C)[C@](O[SiH3])(C1CC1)C(C)(C)Sc1nc2ccccc2s1. The smallest absolute Gasteiger partial charge is 0.151 e. The highest BCUT2D eigenvalue weighted by atomic mass is 32.2. The third-order valence-corrected chi connectivity index (χ3v) is 8.15. The maximum atomic E-state index is 6.43. The normalized spacial score (nSPS) is 19.2. The van der Waals surface area contributed by atoms with Crippen LogP contribution in [0.5, 0.6) is 0 Å². The quantitative estimate of drug-likeness (QED) is 0.568. The molecular weight excluding hydrogens is 338 g/mol. The van der Waals surface area contributed by atoms with Crippen LogP contribution in [0.3, 0.4) is 0 Å². The zero-order valence-corrected chi connectivity index (χ0v) is 18.6. The molecule has 3 rings (SSSR count). The van der Waals surface area contributed by atoms with Gasteiger partial charge < -0.3 is 4.43 Å². The van der Waals surface area contributed by atoms with Crippen LogP contribution in [-0.4, -0.2) is 25.8 Å². The van der Waals surface area contributed by atoms with Crippen LogP contribution in [0.1, 0.15) is 47.5 Å². The monoisotopic (exact) mass is 365 g/mol. The standard InChI is InChI=1S/C18H27NOS2Si/c1-16(2,3)18(20-23,12-10-11-12)17(4,5)22-15-19-13-8-6-7-9-14(13)21-15/h6-9,12H,10-11H2,1-5,23H3/t18-/m1/s1. The fourth-order valence-electron chi connectivity index (χ4n) is 4.40. The highest BCUT2D eigenvalue weighted by Crippen LogP contribution is 2.60. The number of benzene rings is 1. The molecule has 0 amide bonds. The van der Waals surface area contributed by atoms with Crippen molar-refractivity contribution < 1.29 is 4.43 Å². The van der Waals surface area contributed by atoms with Crippen LogP contribution in [0, 0.1) is 11.3 Å². The van der Waals surface area contributed by atoms with E-state index in [1.165, 1.54) is 17.5 Å². The number of aromatic nitrogens is 1. The van der Waals surface area contributed by atoms with E-state index >= 15 is 0 Å². The topological polar surface area (TPSA) is 22.1 Å². The van der Waals surface area contributed by atoms with Crippen LogP contribution in [0.4, 0.5) is 0 Å². The first-order valence-electron chi connectivity index (χ1n) is 8.31. The molecule has 1 aromatic heterocycles. The number of thioether (sulfide) groups is 1. The molecular formula is C18H27NOS2Si. The zero-order valence-electron chi connectivity index (χ0n) is 15.0. The van der Waals surface area contributed by atoms with Crippen molar-refractivity contribution in [3.05, 3.63) is 24.3 Å². The van der Waals surface area contributed by atoms with Crippen LogP contribution >= 0.6 is 23.1 Å². The van der Waals surface area contributed by atoms with E-state index in [2.05, 4.69) is 58.9 Å². The van der Waals surface area contributed by atoms with Crippen molar-refractivity contribution in [1.29, 1.82) is 0 Å². The summed E-state index contributed by atoms with van der Waals surface area (Å²) in [6.07, 6.45) is 2.59. The second-order valence-electron chi connectivity index (χ2n) is 8.02. The lowest BCUT2D eigenvalue weighted by molar-refractivity contribution is -0.0712. The van der Waals surface area contributed by atoms with Crippen molar-refractivity contribution in [1.82, 2.24) is 4.98 Å². The number of para-hydroxylation sites is 1. The molecule has 126 valence electrons. The summed E-state index contributed by atoms with van der Waals surface area (Å²) in [6.45, 7) is 11.7. The van der Waals surface area contributed by atoms with E-state index in [-0.39, 0.29) is 15.8 Å². The molecule has 1 atom stereocenters. The lowest BCUT2D eigenvalue weighted by Crippen LogP contribution is -2.60. The van der Waals surface area contributed by atoms with Gasteiger partial charge in [-0.3, -0.25) is 0 Å². The molecule has 0 bridgehead atoms. The Balaban J connectivity index is 1.98. The minimum atomic E-state index is -0.0885. The summed E-state index contributed by atoms with van der Waals surface area (Å²) in [4.78, 5) is 4.84. The molecule has 0 radical (unpaired) electrons. The molecule has 1 aromatic carbocycles. The second-order valence-corrected chi connectivity index (χ2v) is 11.3. The molecule has 2 nitrogen and oxygen atoms in total. The van der Waals surface area contributed by atoms with Crippen molar-refractivity contribution in [2.45, 2.75) is 62.1 Å². The summed E-state index contributed by atoms with van der Waals surface area (Å²) in [5, 5.41) is 0. The zero-order chi connectivity index (χ0) is 16.9. The summed E-state index contributed by atoms with van der Waals surface area (Å²) in [5.41, 5.74) is 1.13. The molecule has 1 saturated carbocycles. The summed E-state index contributed by atoms with van der Waals surface area (Å²) < 4.78 is 8.85. The van der Waals surface area contributed by atoms with Gasteiger partial charge in [0.2, 0.25) is 0 Å². The van der Waals surface area contributed by atoms with Gasteiger partial charge in [0.1, 0.15) is 10.5 Å². The predicted molar refractivity (Wildman–Crippen MR) is 105 cm³/mol. The molecule has 23 heavy (non-hydrogen) atoms. The van der Waals surface area contributed by atoms with Gasteiger partial charge in [0.15, 0.2) is 4.34 Å². The van der Waals surface area contributed by atoms with Gasteiger partial charge in [-0.05, 0) is 50.2 Å². The molecule has 2 aromatic rings. The van der Waals surface area contributed by atoms with Gasteiger partial charge in [-0.25, -0.2) is 4.98 Å². The largest absolute Gasteiger partial charge is 0.420 e. The molecule has 0 N–H and O–H groups in total. The number of hydrogen-bond acceptors (Lipinski definition) is 4. The van der Waals surface area contributed by atoms with Gasteiger partial charge in [0.05, 0.1) is 15.8 Å². The van der Waals surface area contributed by atoms with Gasteiger partial charge >= 0.3 is 0 Å². The van der Waals surface area contributed by atoms with Crippen molar-refractivity contribution in [3.8, 4) is 0 Å². The molecule has 1 aliphatic carbocycles. The second kappa shape index (κ2) is 5.87. The maximum Gasteiger partial charge on any atom is 0.151 e. The van der Waals surface area contributed by atoms with Crippen LogP contribution in [0.2, 0.25) is 0 Å². The first-order valence-corrected chi connectivity index (χ1v) is 10.8. The van der Waals surface area contributed by atoms with Crippen molar-refractivity contribution in [3.63, 3.8) is 0 Å². The Hall–Kier alpha value is -0.363. The Bertz CT molecular complexity index is 669. The molecule has 0 aliphatic heterocycles. The number of nitrogens with zero attached hydrogens (tertiary/aromatic N) is 1. The minimum absolute atomic E-state index is 0.0119. The molecule has 1 aliphatic rings. The Kier molecular flexibility index (Phi) is 4.45. The first-order chi connectivity index (χ1) is 10.7. The third kappa shape index (κ3) is 2.90.